The number of halogens is 2. The summed E-state index contributed by atoms with van der Waals surface area (Å²) in [7, 11) is 0. The second-order valence-corrected chi connectivity index (χ2v) is 9.42. The number of fused-ring (bicyclic) bond motifs is 1. The molecular weight excluding hydrogens is 455 g/mol. The fourth-order valence-corrected chi connectivity index (χ4v) is 5.11. The van der Waals surface area contributed by atoms with Crippen molar-refractivity contribution in [2.45, 2.75) is 24.8 Å². The van der Waals surface area contributed by atoms with E-state index in [1.54, 1.807) is 29.6 Å². The molecule has 9 heteroatoms. The lowest BCUT2D eigenvalue weighted by Crippen LogP contribution is -2.33. The first kappa shape index (κ1) is 21.8. The number of aromatic nitrogens is 3. The van der Waals surface area contributed by atoms with Gasteiger partial charge < -0.3 is 4.57 Å². The molecule has 4 rings (SSSR count). The summed E-state index contributed by atoms with van der Waals surface area (Å²) in [4.78, 5) is 24.5. The number of carbonyl (C=O) groups excluding carboxylic acids is 1. The molecule has 0 atom stereocenters. The number of amides is 1. The number of imidazole rings is 1. The fraction of sp³-hybridized carbons (Fsp3) is 0.227. The quantitative estimate of drug-likeness (QED) is 0.302. The van der Waals surface area contributed by atoms with E-state index in [1.165, 1.54) is 35.2 Å². The highest BCUT2D eigenvalue weighted by Crippen LogP contribution is 2.34. The highest BCUT2D eigenvalue weighted by Gasteiger charge is 2.21. The summed E-state index contributed by atoms with van der Waals surface area (Å²) >= 11 is 9.13. The first-order valence-electron chi connectivity index (χ1n) is 9.71. The molecule has 0 aliphatic carbocycles. The summed E-state index contributed by atoms with van der Waals surface area (Å²) in [5.74, 6) is -0.0881. The molecule has 2 aromatic heterocycles. The highest BCUT2D eigenvalue weighted by atomic mass is 35.5. The monoisotopic (exact) mass is 474 g/mol. The number of thioether (sulfide) groups is 1. The molecule has 31 heavy (non-hydrogen) atoms. The van der Waals surface area contributed by atoms with Crippen LogP contribution in [0.25, 0.3) is 10.2 Å². The summed E-state index contributed by atoms with van der Waals surface area (Å²) in [6, 6.07) is 9.95. The van der Waals surface area contributed by atoms with Crippen molar-refractivity contribution in [3.05, 3.63) is 71.5 Å². The summed E-state index contributed by atoms with van der Waals surface area (Å²) < 4.78 is 16.1. The first-order valence-corrected chi connectivity index (χ1v) is 11.9. The lowest BCUT2D eigenvalue weighted by molar-refractivity contribution is -0.116. The average molecular weight is 475 g/mol. The van der Waals surface area contributed by atoms with E-state index >= 15 is 0 Å². The molecule has 4 aromatic rings. The zero-order chi connectivity index (χ0) is 21.8. The largest absolute Gasteiger partial charge is 0.337 e. The minimum atomic E-state index is -0.291. The van der Waals surface area contributed by atoms with Gasteiger partial charge in [0, 0.05) is 35.4 Å². The third kappa shape index (κ3) is 5.26. The number of thiazole rings is 1. The van der Waals surface area contributed by atoms with Gasteiger partial charge in [0.25, 0.3) is 0 Å². The van der Waals surface area contributed by atoms with Gasteiger partial charge in [0.1, 0.15) is 5.82 Å². The van der Waals surface area contributed by atoms with Crippen LogP contribution in [-0.4, -0.2) is 32.7 Å². The second-order valence-electron chi connectivity index (χ2n) is 6.96. The molecule has 0 aliphatic heterocycles. The van der Waals surface area contributed by atoms with Gasteiger partial charge in [0.2, 0.25) is 5.91 Å². The predicted molar refractivity (Wildman–Crippen MR) is 126 cm³/mol. The van der Waals surface area contributed by atoms with E-state index in [0.29, 0.717) is 16.7 Å². The van der Waals surface area contributed by atoms with Gasteiger partial charge in [-0.1, -0.05) is 22.9 Å². The number of anilines is 1. The lowest BCUT2D eigenvalue weighted by Gasteiger charge is -2.20. The Balaban J connectivity index is 1.53. The SMILES string of the molecule is Cc1c(Cl)ccc2sc(N(CCCn3ccnc3)C(=O)CSc3ccc(F)cc3)nc12. The van der Waals surface area contributed by atoms with Gasteiger partial charge in [0.15, 0.2) is 5.13 Å². The first-order chi connectivity index (χ1) is 15.0. The normalized spacial score (nSPS) is 11.2. The molecule has 2 aromatic carbocycles. The Labute approximate surface area is 192 Å². The smallest absolute Gasteiger partial charge is 0.239 e. The number of aryl methyl sites for hydroxylation is 2. The van der Waals surface area contributed by atoms with E-state index in [-0.39, 0.29) is 17.5 Å². The van der Waals surface area contributed by atoms with Crippen molar-refractivity contribution in [1.29, 1.82) is 0 Å². The number of benzene rings is 2. The average Bonchev–Trinajstić information content (AvgIpc) is 3.43. The maximum absolute atomic E-state index is 13.2. The van der Waals surface area contributed by atoms with E-state index in [4.69, 9.17) is 16.6 Å². The Morgan fingerprint density at radius 1 is 1.26 bits per heavy atom. The molecule has 0 radical (unpaired) electrons. The molecular formula is C22H20ClFN4OS2. The molecule has 0 fully saturated rings. The van der Waals surface area contributed by atoms with Crippen molar-refractivity contribution in [2.75, 3.05) is 17.2 Å². The van der Waals surface area contributed by atoms with E-state index in [0.717, 1.165) is 33.6 Å². The van der Waals surface area contributed by atoms with Crippen LogP contribution in [0, 0.1) is 12.7 Å². The van der Waals surface area contributed by atoms with Crippen LogP contribution in [0.5, 0.6) is 0 Å². The van der Waals surface area contributed by atoms with Gasteiger partial charge in [-0.2, -0.15) is 0 Å². The summed E-state index contributed by atoms with van der Waals surface area (Å²) in [5, 5.41) is 1.32. The predicted octanol–water partition coefficient (Wildman–Crippen LogP) is 5.81. The van der Waals surface area contributed by atoms with Gasteiger partial charge in [-0.05, 0) is 55.3 Å². The van der Waals surface area contributed by atoms with Crippen molar-refractivity contribution >= 4 is 56.0 Å². The van der Waals surface area contributed by atoms with Crippen molar-refractivity contribution < 1.29 is 9.18 Å². The van der Waals surface area contributed by atoms with Crippen LogP contribution in [0.1, 0.15) is 12.0 Å². The van der Waals surface area contributed by atoms with Crippen LogP contribution < -0.4 is 4.90 Å². The van der Waals surface area contributed by atoms with E-state index in [2.05, 4.69) is 4.98 Å². The Hall–Kier alpha value is -2.42. The zero-order valence-corrected chi connectivity index (χ0v) is 19.2. The van der Waals surface area contributed by atoms with Crippen LogP contribution in [0.3, 0.4) is 0 Å². The minimum Gasteiger partial charge on any atom is -0.337 e. The Morgan fingerprint density at radius 2 is 2.06 bits per heavy atom. The number of rotatable bonds is 8. The minimum absolute atomic E-state index is 0.0391. The molecule has 0 saturated heterocycles. The van der Waals surface area contributed by atoms with E-state index in [1.807, 2.05) is 29.8 Å². The zero-order valence-electron chi connectivity index (χ0n) is 16.8. The lowest BCUT2D eigenvalue weighted by atomic mass is 10.2. The summed E-state index contributed by atoms with van der Waals surface area (Å²) in [5.41, 5.74) is 1.74. The maximum Gasteiger partial charge on any atom is 0.239 e. The molecule has 5 nitrogen and oxygen atoms in total. The number of hydrogen-bond acceptors (Lipinski definition) is 5. The van der Waals surface area contributed by atoms with Crippen LogP contribution in [-0.2, 0) is 11.3 Å². The molecule has 160 valence electrons. The van der Waals surface area contributed by atoms with Crippen LogP contribution >= 0.6 is 34.7 Å². The summed E-state index contributed by atoms with van der Waals surface area (Å²) in [6.07, 6.45) is 6.17. The Kier molecular flexibility index (Phi) is 6.89. The van der Waals surface area contributed by atoms with Gasteiger partial charge >= 0.3 is 0 Å². The molecule has 0 aliphatic rings. The maximum atomic E-state index is 13.2. The standard InChI is InChI=1S/C22H20ClFN4OS2/c1-15-18(23)7-8-19-21(15)26-22(31-19)28(11-2-10-27-12-9-25-14-27)20(29)13-30-17-5-3-16(24)4-6-17/h3-9,12,14H,2,10-11,13H2,1H3. The van der Waals surface area contributed by atoms with Crippen molar-refractivity contribution in [2.24, 2.45) is 0 Å². The van der Waals surface area contributed by atoms with Gasteiger partial charge in [-0.3, -0.25) is 9.69 Å². The highest BCUT2D eigenvalue weighted by molar-refractivity contribution is 8.00. The van der Waals surface area contributed by atoms with Gasteiger partial charge in [-0.25, -0.2) is 14.4 Å². The Bertz CT molecular complexity index is 1180. The number of carbonyl (C=O) groups is 1. The van der Waals surface area contributed by atoms with Crippen LogP contribution in [0.4, 0.5) is 9.52 Å². The van der Waals surface area contributed by atoms with E-state index in [9.17, 15) is 9.18 Å². The molecule has 0 saturated carbocycles. The van der Waals surface area contributed by atoms with Crippen molar-refractivity contribution in [3.8, 4) is 0 Å². The third-order valence-electron chi connectivity index (χ3n) is 4.80. The van der Waals surface area contributed by atoms with Gasteiger partial charge in [0.05, 0.1) is 22.3 Å². The second kappa shape index (κ2) is 9.80. The molecule has 2 heterocycles. The van der Waals surface area contributed by atoms with Crippen LogP contribution in [0.15, 0.2) is 60.0 Å². The van der Waals surface area contributed by atoms with Crippen molar-refractivity contribution in [1.82, 2.24) is 14.5 Å². The van der Waals surface area contributed by atoms with Crippen molar-refractivity contribution in [3.63, 3.8) is 0 Å². The van der Waals surface area contributed by atoms with Crippen LogP contribution in [0.2, 0.25) is 5.02 Å². The third-order valence-corrected chi connectivity index (χ3v) is 7.25. The van der Waals surface area contributed by atoms with E-state index < -0.39 is 0 Å². The number of nitrogens with zero attached hydrogens (tertiary/aromatic N) is 4. The fourth-order valence-electron chi connectivity index (χ4n) is 3.12. The molecule has 0 spiro atoms. The molecule has 1 amide bonds. The molecule has 0 bridgehead atoms. The Morgan fingerprint density at radius 3 is 2.81 bits per heavy atom. The van der Waals surface area contributed by atoms with Gasteiger partial charge in [-0.15, -0.1) is 11.8 Å². The molecule has 0 N–H and O–H groups in total. The molecule has 0 unspecified atom stereocenters. The topological polar surface area (TPSA) is 51.0 Å². The summed E-state index contributed by atoms with van der Waals surface area (Å²) in [6.45, 7) is 3.22. The number of hydrogen-bond donors (Lipinski definition) is 0.